The predicted molar refractivity (Wildman–Crippen MR) is 264 cm³/mol. The molecule has 9 nitrogen and oxygen atoms in total. The van der Waals surface area contributed by atoms with Crippen LogP contribution in [0.25, 0.3) is 123 Å². The smallest absolute Gasteiger partial charge is 0.238 e. The van der Waals surface area contributed by atoms with Gasteiger partial charge in [0, 0.05) is 49.2 Å². The molecule has 0 atom stereocenters. The number of benzene rings is 8. The first-order valence-corrected chi connectivity index (χ1v) is 21.8. The lowest BCUT2D eigenvalue weighted by Crippen LogP contribution is -2.06. The summed E-state index contributed by atoms with van der Waals surface area (Å²) in [7, 11) is 0. The molecular weight excluding hydrogens is 811 g/mol. The van der Waals surface area contributed by atoms with E-state index in [1.54, 1.807) is 0 Å². The average molecular weight is 846 g/mol. The summed E-state index contributed by atoms with van der Waals surface area (Å²) in [5.74, 6) is 3.33. The number of nitrogens with zero attached hydrogens (tertiary/aromatic N) is 9. The molecule has 0 unspecified atom stereocenters. The van der Waals surface area contributed by atoms with Crippen molar-refractivity contribution in [3.8, 4) is 68.7 Å². The van der Waals surface area contributed by atoms with Gasteiger partial charge in [-0.25, -0.2) is 24.9 Å². The quantitative estimate of drug-likeness (QED) is 0.157. The van der Waals surface area contributed by atoms with E-state index in [2.05, 4.69) is 100 Å². The van der Waals surface area contributed by atoms with Gasteiger partial charge in [-0.3, -0.25) is 4.57 Å². The van der Waals surface area contributed by atoms with Crippen LogP contribution in [0.1, 0.15) is 0 Å². The Morgan fingerprint density at radius 2 is 0.833 bits per heavy atom. The molecule has 0 aliphatic carbocycles. The molecule has 13 rings (SSSR count). The van der Waals surface area contributed by atoms with Crippen LogP contribution in [0.15, 0.2) is 212 Å². The fraction of sp³-hybridized carbons (Fsp3) is 0. The zero-order valence-corrected chi connectivity index (χ0v) is 35.2. The number of hydrogen-bond donors (Lipinski definition) is 0. The number of fused-ring (bicyclic) bond motifs is 8. The van der Waals surface area contributed by atoms with Crippen LogP contribution in [0.5, 0.6) is 0 Å². The van der Waals surface area contributed by atoms with E-state index in [1.165, 1.54) is 0 Å². The van der Waals surface area contributed by atoms with Gasteiger partial charge in [-0.05, 0) is 42.5 Å². The van der Waals surface area contributed by atoms with Crippen molar-refractivity contribution in [2.24, 2.45) is 0 Å². The molecule has 0 aliphatic heterocycles. The first kappa shape index (κ1) is 37.4. The van der Waals surface area contributed by atoms with E-state index in [4.69, 9.17) is 34.9 Å². The fourth-order valence-electron chi connectivity index (χ4n) is 9.25. The van der Waals surface area contributed by atoms with Gasteiger partial charge in [0.25, 0.3) is 0 Å². The van der Waals surface area contributed by atoms with Crippen molar-refractivity contribution >= 4 is 54.5 Å². The molecule has 0 amide bonds. The van der Waals surface area contributed by atoms with Crippen LogP contribution < -0.4 is 0 Å². The normalized spacial score (nSPS) is 11.6. The minimum Gasteiger partial charge on any atom is -0.308 e. The highest BCUT2D eigenvalue weighted by molar-refractivity contribution is 6.26. The molecule has 0 bridgehead atoms. The van der Waals surface area contributed by atoms with Crippen molar-refractivity contribution in [3.05, 3.63) is 212 Å². The number of para-hydroxylation sites is 4. The van der Waals surface area contributed by atoms with Crippen molar-refractivity contribution in [2.45, 2.75) is 0 Å². The molecule has 0 N–H and O–H groups in total. The summed E-state index contributed by atoms with van der Waals surface area (Å²) in [4.78, 5) is 36.0. The molecule has 9 heteroatoms. The fourth-order valence-corrected chi connectivity index (χ4v) is 9.25. The van der Waals surface area contributed by atoms with E-state index in [0.717, 1.165) is 82.5 Å². The third-order valence-electron chi connectivity index (χ3n) is 12.2. The van der Waals surface area contributed by atoms with E-state index < -0.39 is 0 Å². The molecule has 308 valence electrons. The molecular formula is C57H35N9. The molecule has 0 radical (unpaired) electrons. The van der Waals surface area contributed by atoms with E-state index >= 15 is 0 Å². The van der Waals surface area contributed by atoms with Crippen molar-refractivity contribution in [3.63, 3.8) is 0 Å². The van der Waals surface area contributed by atoms with E-state index in [9.17, 15) is 0 Å². The minimum absolute atomic E-state index is 0.495. The molecule has 0 saturated carbocycles. The van der Waals surface area contributed by atoms with Gasteiger partial charge in [0.1, 0.15) is 5.69 Å². The lowest BCUT2D eigenvalue weighted by atomic mass is 10.1. The number of aromatic nitrogens is 9. The topological polar surface area (TPSA) is 100 Å². The molecule has 0 saturated heterocycles. The molecule has 0 aliphatic rings. The first-order valence-electron chi connectivity index (χ1n) is 21.8. The Balaban J connectivity index is 1.09. The maximum absolute atomic E-state index is 5.23. The summed E-state index contributed by atoms with van der Waals surface area (Å²) in [6.07, 6.45) is 0. The Morgan fingerprint density at radius 1 is 0.303 bits per heavy atom. The Morgan fingerprint density at radius 3 is 1.55 bits per heavy atom. The van der Waals surface area contributed by atoms with Gasteiger partial charge in [0.15, 0.2) is 29.1 Å². The van der Waals surface area contributed by atoms with Crippen LogP contribution in [-0.4, -0.2) is 44.0 Å². The lowest BCUT2D eigenvalue weighted by molar-refractivity contribution is 0.953. The summed E-state index contributed by atoms with van der Waals surface area (Å²) in [5.41, 5.74) is 10.1. The van der Waals surface area contributed by atoms with Crippen LogP contribution in [0.4, 0.5) is 0 Å². The zero-order valence-electron chi connectivity index (χ0n) is 35.2. The van der Waals surface area contributed by atoms with E-state index in [1.807, 2.05) is 121 Å². The maximum Gasteiger partial charge on any atom is 0.238 e. The Hall–Kier alpha value is -9.21. The van der Waals surface area contributed by atoms with Crippen molar-refractivity contribution < 1.29 is 0 Å². The summed E-state index contributed by atoms with van der Waals surface area (Å²) < 4.78 is 4.55. The molecule has 13 aromatic rings. The molecule has 0 fully saturated rings. The van der Waals surface area contributed by atoms with Gasteiger partial charge in [-0.1, -0.05) is 170 Å². The Bertz CT molecular complexity index is 3940. The van der Waals surface area contributed by atoms with Gasteiger partial charge in [0.05, 0.1) is 33.3 Å². The number of rotatable bonds is 7. The second kappa shape index (κ2) is 15.3. The summed E-state index contributed by atoms with van der Waals surface area (Å²) in [6, 6.07) is 72.3. The number of pyridine rings is 1. The van der Waals surface area contributed by atoms with Gasteiger partial charge in [0.2, 0.25) is 5.95 Å². The highest BCUT2D eigenvalue weighted by Gasteiger charge is 2.25. The Kier molecular flexibility index (Phi) is 8.63. The monoisotopic (exact) mass is 845 g/mol. The van der Waals surface area contributed by atoms with Crippen molar-refractivity contribution in [1.29, 1.82) is 0 Å². The summed E-state index contributed by atoms with van der Waals surface area (Å²) in [6.45, 7) is 0. The van der Waals surface area contributed by atoms with Crippen LogP contribution in [0, 0.1) is 0 Å². The SMILES string of the molecule is c1ccc(-c2nc(-c3ccc4ccccc4n3)nc(-c3ccccc3-n3c4ccccc4c4ccc5c(c6ccccc6n5-c5nc(-c6ccccc6)nc(-c6ccccc6)n5)c43)n2)cc1. The maximum atomic E-state index is 5.23. The van der Waals surface area contributed by atoms with Gasteiger partial charge < -0.3 is 4.57 Å². The van der Waals surface area contributed by atoms with Gasteiger partial charge in [-0.15, -0.1) is 0 Å². The second-order valence-electron chi connectivity index (χ2n) is 16.2. The van der Waals surface area contributed by atoms with Crippen LogP contribution in [0.3, 0.4) is 0 Å². The molecule has 8 aromatic carbocycles. The molecule has 5 heterocycles. The minimum atomic E-state index is 0.495. The van der Waals surface area contributed by atoms with Crippen LogP contribution in [0.2, 0.25) is 0 Å². The third-order valence-corrected chi connectivity index (χ3v) is 12.2. The zero-order chi connectivity index (χ0) is 43.6. The highest BCUT2D eigenvalue weighted by Crippen LogP contribution is 2.43. The molecule has 5 aromatic heterocycles. The van der Waals surface area contributed by atoms with Crippen LogP contribution >= 0.6 is 0 Å². The van der Waals surface area contributed by atoms with E-state index in [-0.39, 0.29) is 0 Å². The van der Waals surface area contributed by atoms with Crippen molar-refractivity contribution in [2.75, 3.05) is 0 Å². The molecule has 66 heavy (non-hydrogen) atoms. The van der Waals surface area contributed by atoms with Gasteiger partial charge >= 0.3 is 0 Å². The second-order valence-corrected chi connectivity index (χ2v) is 16.2. The highest BCUT2D eigenvalue weighted by atomic mass is 15.2. The lowest BCUT2D eigenvalue weighted by Gasteiger charge is -2.15. The molecule has 0 spiro atoms. The van der Waals surface area contributed by atoms with E-state index in [0.29, 0.717) is 40.8 Å². The number of hydrogen-bond acceptors (Lipinski definition) is 7. The van der Waals surface area contributed by atoms with Crippen molar-refractivity contribution in [1.82, 2.24) is 44.0 Å². The largest absolute Gasteiger partial charge is 0.308 e. The Labute approximate surface area is 378 Å². The van der Waals surface area contributed by atoms with Gasteiger partial charge in [-0.2, -0.15) is 9.97 Å². The third kappa shape index (κ3) is 6.13. The first-order chi connectivity index (χ1) is 32.7. The summed E-state index contributed by atoms with van der Waals surface area (Å²) in [5, 5.41) is 5.42. The summed E-state index contributed by atoms with van der Waals surface area (Å²) >= 11 is 0. The average Bonchev–Trinajstić information content (AvgIpc) is 3.92. The standard InChI is InChI=1S/C57H35N9/c1-4-19-37(20-5-1)52-60-55(62-56(61-52)45-34-32-36-18-10-14-28-44(36)58-45)43-27-13-17-31-48(43)65-46-29-15-11-25-40(46)41-33-35-49-50(51(41)65)42-26-12-16-30-47(42)66(49)57-63-53(38-21-6-2-7-22-38)59-54(64-57)39-23-8-3-9-24-39/h1-35H. The predicted octanol–water partition coefficient (Wildman–Crippen LogP) is 13.1. The van der Waals surface area contributed by atoms with Crippen LogP contribution in [-0.2, 0) is 0 Å².